The van der Waals surface area contributed by atoms with Crippen LogP contribution in [-0.2, 0) is 0 Å². The third kappa shape index (κ3) is 2.09. The fourth-order valence-corrected chi connectivity index (χ4v) is 3.16. The zero-order chi connectivity index (χ0) is 14.9. The van der Waals surface area contributed by atoms with Crippen LogP contribution in [0.15, 0.2) is 71.9 Å². The maximum atomic E-state index is 4.80. The molecule has 0 radical (unpaired) electrons. The zero-order valence-electron chi connectivity index (χ0n) is 11.8. The van der Waals surface area contributed by atoms with Crippen LogP contribution in [0.1, 0.15) is 0 Å². The highest BCUT2D eigenvalue weighted by atomic mass is 32.1. The summed E-state index contributed by atoms with van der Waals surface area (Å²) in [6.45, 7) is 0. The Labute approximate surface area is 133 Å². The summed E-state index contributed by atoms with van der Waals surface area (Å²) in [6, 6.07) is 18.4. The van der Waals surface area contributed by atoms with Crippen LogP contribution in [0.4, 0.5) is 0 Å². The summed E-state index contributed by atoms with van der Waals surface area (Å²) in [5.74, 6) is 0. The number of hydrogen-bond acceptors (Lipinski definition) is 1. The van der Waals surface area contributed by atoms with Crippen LogP contribution >= 0.6 is 12.6 Å². The van der Waals surface area contributed by atoms with E-state index < -0.39 is 0 Å². The van der Waals surface area contributed by atoms with Crippen LogP contribution in [-0.4, -0.2) is 15.0 Å². The van der Waals surface area contributed by atoms with Crippen LogP contribution in [0.2, 0.25) is 0 Å². The first-order chi connectivity index (χ1) is 10.8. The molecule has 0 fully saturated rings. The summed E-state index contributed by atoms with van der Waals surface area (Å²) in [7, 11) is 0. The van der Waals surface area contributed by atoms with Crippen molar-refractivity contribution in [2.24, 2.45) is 0 Å². The molecular weight excluding hydrogens is 290 g/mol. The number of thiol groups is 1. The number of aromatic amines is 3. The maximum Gasteiger partial charge on any atom is 0.0730 e. The molecule has 0 amide bonds. The number of hydrogen-bond donors (Lipinski definition) is 4. The summed E-state index contributed by atoms with van der Waals surface area (Å²) in [5, 5.41) is 0. The van der Waals surface area contributed by atoms with Gasteiger partial charge >= 0.3 is 0 Å². The Balaban J connectivity index is 1.98. The SMILES string of the molecule is Sc1c(-c2ccccc2)[nH]c(-c2ccc[nH]2)c1-c1ccc[nH]1. The van der Waals surface area contributed by atoms with E-state index in [0.29, 0.717) is 0 Å². The van der Waals surface area contributed by atoms with Gasteiger partial charge in [0.15, 0.2) is 0 Å². The zero-order valence-corrected chi connectivity index (χ0v) is 12.7. The molecule has 0 atom stereocenters. The molecule has 0 saturated heterocycles. The summed E-state index contributed by atoms with van der Waals surface area (Å²) in [6.07, 6.45) is 3.85. The van der Waals surface area contributed by atoms with Crippen molar-refractivity contribution in [1.82, 2.24) is 15.0 Å². The molecule has 3 nitrogen and oxygen atoms in total. The minimum atomic E-state index is 0.943. The second-order valence-corrected chi connectivity index (χ2v) is 5.58. The first kappa shape index (κ1) is 13.1. The fourth-order valence-electron chi connectivity index (χ4n) is 2.74. The smallest absolute Gasteiger partial charge is 0.0730 e. The van der Waals surface area contributed by atoms with Crippen LogP contribution in [0.3, 0.4) is 0 Å². The third-order valence-corrected chi connectivity index (χ3v) is 4.22. The Hall–Kier alpha value is -2.59. The summed E-state index contributed by atoms with van der Waals surface area (Å²) < 4.78 is 0. The molecule has 3 N–H and O–H groups in total. The normalized spacial score (nSPS) is 11.0. The van der Waals surface area contributed by atoms with Gasteiger partial charge in [-0.15, -0.1) is 12.6 Å². The van der Waals surface area contributed by atoms with Gasteiger partial charge in [0.25, 0.3) is 0 Å². The summed E-state index contributed by atoms with van der Waals surface area (Å²) >= 11 is 4.80. The highest BCUT2D eigenvalue weighted by molar-refractivity contribution is 7.80. The van der Waals surface area contributed by atoms with Gasteiger partial charge in [0.2, 0.25) is 0 Å². The van der Waals surface area contributed by atoms with Crippen LogP contribution in [0.25, 0.3) is 33.9 Å². The average molecular weight is 305 g/mol. The van der Waals surface area contributed by atoms with Crippen molar-refractivity contribution in [2.75, 3.05) is 0 Å². The second-order valence-electron chi connectivity index (χ2n) is 5.13. The fraction of sp³-hybridized carbons (Fsp3) is 0. The second kappa shape index (κ2) is 5.31. The Bertz CT molecular complexity index is 872. The number of H-pyrrole nitrogens is 3. The molecule has 108 valence electrons. The molecule has 3 aromatic heterocycles. The lowest BCUT2D eigenvalue weighted by atomic mass is 10.1. The lowest BCUT2D eigenvalue weighted by Crippen LogP contribution is -1.82. The van der Waals surface area contributed by atoms with Crippen molar-refractivity contribution >= 4 is 12.6 Å². The van der Waals surface area contributed by atoms with Gasteiger partial charge in [-0.3, -0.25) is 0 Å². The molecule has 0 saturated carbocycles. The van der Waals surface area contributed by atoms with Gasteiger partial charge in [0, 0.05) is 28.5 Å². The Morgan fingerprint density at radius 1 is 0.682 bits per heavy atom. The van der Waals surface area contributed by atoms with Gasteiger partial charge in [0.05, 0.1) is 17.1 Å². The predicted octanol–water partition coefficient (Wildman–Crippen LogP) is 4.96. The van der Waals surface area contributed by atoms with E-state index in [4.69, 9.17) is 12.6 Å². The maximum absolute atomic E-state index is 4.80. The molecule has 4 aromatic rings. The van der Waals surface area contributed by atoms with Crippen molar-refractivity contribution in [1.29, 1.82) is 0 Å². The van der Waals surface area contributed by atoms with Crippen molar-refractivity contribution in [2.45, 2.75) is 4.90 Å². The largest absolute Gasteiger partial charge is 0.361 e. The monoisotopic (exact) mass is 305 g/mol. The van der Waals surface area contributed by atoms with E-state index in [-0.39, 0.29) is 0 Å². The molecule has 4 rings (SSSR count). The molecule has 0 aliphatic carbocycles. The van der Waals surface area contributed by atoms with E-state index in [0.717, 1.165) is 38.8 Å². The summed E-state index contributed by atoms with van der Waals surface area (Å²) in [4.78, 5) is 11.0. The molecule has 4 heteroatoms. The minimum absolute atomic E-state index is 0.943. The first-order valence-corrected chi connectivity index (χ1v) is 7.57. The van der Waals surface area contributed by atoms with E-state index in [1.807, 2.05) is 42.7 Å². The van der Waals surface area contributed by atoms with Gasteiger partial charge in [-0.25, -0.2) is 0 Å². The van der Waals surface area contributed by atoms with Gasteiger partial charge in [0.1, 0.15) is 0 Å². The topological polar surface area (TPSA) is 47.4 Å². The first-order valence-electron chi connectivity index (χ1n) is 7.12. The molecule has 3 heterocycles. The Kier molecular flexibility index (Phi) is 3.16. The molecule has 0 bridgehead atoms. The van der Waals surface area contributed by atoms with E-state index in [1.165, 1.54) is 0 Å². The third-order valence-electron chi connectivity index (χ3n) is 3.77. The van der Waals surface area contributed by atoms with Crippen molar-refractivity contribution in [3.05, 3.63) is 67.0 Å². The number of aromatic nitrogens is 3. The molecule has 0 spiro atoms. The molecule has 0 unspecified atom stereocenters. The molecule has 0 aliphatic heterocycles. The average Bonchev–Trinajstić information content (AvgIpc) is 3.28. The number of benzene rings is 1. The van der Waals surface area contributed by atoms with E-state index in [2.05, 4.69) is 39.2 Å². The van der Waals surface area contributed by atoms with Crippen molar-refractivity contribution in [3.8, 4) is 33.9 Å². The lowest BCUT2D eigenvalue weighted by molar-refractivity contribution is 1.32. The molecule has 22 heavy (non-hydrogen) atoms. The number of nitrogens with one attached hydrogen (secondary N) is 3. The van der Waals surface area contributed by atoms with Crippen LogP contribution in [0.5, 0.6) is 0 Å². The van der Waals surface area contributed by atoms with Crippen LogP contribution < -0.4 is 0 Å². The van der Waals surface area contributed by atoms with Gasteiger partial charge in [-0.2, -0.15) is 0 Å². The highest BCUT2D eigenvalue weighted by Gasteiger charge is 2.19. The Morgan fingerprint density at radius 2 is 1.36 bits per heavy atom. The van der Waals surface area contributed by atoms with Gasteiger partial charge < -0.3 is 15.0 Å². The van der Waals surface area contributed by atoms with Crippen molar-refractivity contribution < 1.29 is 0 Å². The van der Waals surface area contributed by atoms with Crippen LogP contribution in [0, 0.1) is 0 Å². The predicted molar refractivity (Wildman–Crippen MR) is 93.1 cm³/mol. The number of rotatable bonds is 3. The molecule has 1 aromatic carbocycles. The van der Waals surface area contributed by atoms with E-state index in [1.54, 1.807) is 0 Å². The van der Waals surface area contributed by atoms with Gasteiger partial charge in [-0.1, -0.05) is 30.3 Å². The van der Waals surface area contributed by atoms with E-state index in [9.17, 15) is 0 Å². The molecule has 0 aliphatic rings. The highest BCUT2D eigenvalue weighted by Crippen LogP contribution is 2.41. The standard InChI is InChI=1S/C18H15N3S/c22-18-15(13-8-4-10-19-13)17(14-9-5-11-20-14)21-16(18)12-6-2-1-3-7-12/h1-11,19-22H. The van der Waals surface area contributed by atoms with E-state index >= 15 is 0 Å². The summed E-state index contributed by atoms with van der Waals surface area (Å²) in [5.41, 5.74) is 6.36. The molecular formula is C18H15N3S. The van der Waals surface area contributed by atoms with Gasteiger partial charge in [-0.05, 0) is 29.8 Å². The van der Waals surface area contributed by atoms with Crippen molar-refractivity contribution in [3.63, 3.8) is 0 Å². The Morgan fingerprint density at radius 3 is 2.00 bits per heavy atom. The minimum Gasteiger partial charge on any atom is -0.361 e. The quantitative estimate of drug-likeness (QED) is 0.387. The lowest BCUT2D eigenvalue weighted by Gasteiger charge is -2.02.